The lowest BCUT2D eigenvalue weighted by molar-refractivity contribution is -0.319. The predicted octanol–water partition coefficient (Wildman–Crippen LogP) is 4.57. The number of hydrogen-bond acceptors (Lipinski definition) is 16. The van der Waals surface area contributed by atoms with Gasteiger partial charge in [-0.1, -0.05) is 39.0 Å². The molecule has 17 heteroatoms. The maximum Gasteiger partial charge on any atom is 0.407 e. The summed E-state index contributed by atoms with van der Waals surface area (Å²) in [7, 11) is 8.76. The van der Waals surface area contributed by atoms with E-state index in [0.29, 0.717) is 39.0 Å². The Hall–Kier alpha value is -2.68. The third kappa shape index (κ3) is 12.4. The van der Waals surface area contributed by atoms with Crippen molar-refractivity contribution in [2.45, 2.75) is 179 Å². The van der Waals surface area contributed by atoms with Crippen molar-refractivity contribution in [1.82, 2.24) is 20.0 Å². The molecule has 5 saturated heterocycles. The topological polar surface area (TPSA) is 185 Å². The molecule has 1 amide bonds. The largest absolute Gasteiger partial charge is 0.496 e. The molecule has 0 saturated carbocycles. The summed E-state index contributed by atoms with van der Waals surface area (Å²) < 4.78 is 57.4. The first-order chi connectivity index (χ1) is 31.1. The number of fused-ring (bicyclic) bond motifs is 10. The second-order valence-electron chi connectivity index (χ2n) is 20.2. The molecular weight excluding hydrogens is 851 g/mol. The summed E-state index contributed by atoms with van der Waals surface area (Å²) in [5, 5.41) is 14.7. The molecule has 0 radical (unpaired) electrons. The van der Waals surface area contributed by atoms with Crippen molar-refractivity contribution >= 4 is 12.1 Å². The summed E-state index contributed by atoms with van der Waals surface area (Å²) in [5.74, 6) is -1.00. The van der Waals surface area contributed by atoms with Gasteiger partial charge in [0, 0.05) is 82.5 Å². The summed E-state index contributed by atoms with van der Waals surface area (Å²) in [6.45, 7) is 22.7. The molecular formula is C49H85N5O12. The lowest BCUT2D eigenvalue weighted by Crippen LogP contribution is -2.64. The van der Waals surface area contributed by atoms with E-state index in [1.807, 2.05) is 71.8 Å². The van der Waals surface area contributed by atoms with Gasteiger partial charge in [-0.05, 0) is 93.9 Å². The maximum absolute atomic E-state index is 14.2. The standard InChI is InChI=1S/C49H85N5O12/c1-16-53(32(6)36-19-17-18-20-38(36)58-13)22-21-51-47(57)66-44-34(8)62-39(25-49(44,10)60-15)64-42-30(4)43(65-46-41(55)37(52(11)12)23-29(3)61-46)48(9,59-14)24-28(2)40(50)33(7)54-26-35(27-54)63-45(56)31(42)5/h17-20,28-35,37,39-44,46,55H,16,21-27,50H2,1-15H3,(H,51,57)/t28-,29-,30+,31-,32-,33+,34+,37+,39+,40?,41-,42+,43-,44+,46+,48+,49-/m1/s1. The van der Waals surface area contributed by atoms with Crippen molar-refractivity contribution < 1.29 is 57.3 Å². The number of esters is 1. The summed E-state index contributed by atoms with van der Waals surface area (Å²) >= 11 is 0. The van der Waals surface area contributed by atoms with E-state index < -0.39 is 78.2 Å². The highest BCUT2D eigenvalue weighted by molar-refractivity contribution is 5.73. The van der Waals surface area contributed by atoms with Crippen LogP contribution in [0.3, 0.4) is 0 Å². The first kappa shape index (κ1) is 54.3. The van der Waals surface area contributed by atoms with Gasteiger partial charge in [-0.3, -0.25) is 14.6 Å². The number of aliphatic hydroxyl groups is 1. The average molecular weight is 936 g/mol. The Balaban J connectivity index is 1.38. The highest BCUT2D eigenvalue weighted by Gasteiger charge is 2.54. The van der Waals surface area contributed by atoms with Gasteiger partial charge >= 0.3 is 12.1 Å². The SMILES string of the molecule is CCN(CCNC(=O)O[C@H]1[C@H](C)O[C@@H](O[C@H]2[C@H](C)[C@@H](O[C@@H]3O[C@H](C)C[C@H](N(C)C)[C@H]3O)[C@@](C)(OC)C[C@@H](C)C(N)[C@H](C)N3CC(C3)OC(=O)[C@@H]2C)C[C@@]1(C)OC)[C@H](C)c1ccccc1OC. The zero-order chi connectivity index (χ0) is 48.8. The van der Waals surface area contributed by atoms with Gasteiger partial charge in [0.15, 0.2) is 18.7 Å². The molecule has 0 aromatic heterocycles. The Morgan fingerprint density at radius 2 is 1.64 bits per heavy atom. The first-order valence-corrected chi connectivity index (χ1v) is 24.2. The van der Waals surface area contributed by atoms with Crippen LogP contribution in [0.2, 0.25) is 0 Å². The molecule has 378 valence electrons. The van der Waals surface area contributed by atoms with Crippen molar-refractivity contribution in [3.05, 3.63) is 29.8 Å². The monoisotopic (exact) mass is 936 g/mol. The Kier molecular flexibility index (Phi) is 19.1. The van der Waals surface area contributed by atoms with E-state index in [9.17, 15) is 14.7 Å². The quantitative estimate of drug-likeness (QED) is 0.208. The molecule has 2 bridgehead atoms. The number of alkyl carbamates (subject to hydrolysis) is 1. The van der Waals surface area contributed by atoms with Gasteiger partial charge in [0.25, 0.3) is 0 Å². The van der Waals surface area contributed by atoms with Crippen LogP contribution in [-0.4, -0.2) is 185 Å². The summed E-state index contributed by atoms with van der Waals surface area (Å²) in [6, 6.07) is 7.57. The van der Waals surface area contributed by atoms with Gasteiger partial charge in [0.2, 0.25) is 0 Å². The molecule has 4 N–H and O–H groups in total. The molecule has 1 unspecified atom stereocenters. The van der Waals surface area contributed by atoms with E-state index in [1.54, 1.807) is 28.3 Å². The number of nitrogens with one attached hydrogen (secondary N) is 1. The van der Waals surface area contributed by atoms with Crippen molar-refractivity contribution in [2.75, 3.05) is 68.1 Å². The summed E-state index contributed by atoms with van der Waals surface area (Å²) in [6.07, 6.45) is -5.84. The maximum atomic E-state index is 14.2. The van der Waals surface area contributed by atoms with Crippen LogP contribution >= 0.6 is 0 Å². The van der Waals surface area contributed by atoms with E-state index in [0.717, 1.165) is 17.9 Å². The number of rotatable bonds is 15. The minimum absolute atomic E-state index is 0.0261. The number of nitrogens with two attached hydrogens (primary N) is 1. The smallest absolute Gasteiger partial charge is 0.407 e. The molecule has 66 heavy (non-hydrogen) atoms. The molecule has 17 atom stereocenters. The molecule has 5 aliphatic rings. The van der Waals surface area contributed by atoms with Crippen LogP contribution in [0.5, 0.6) is 5.75 Å². The molecule has 0 spiro atoms. The molecule has 6 rings (SSSR count). The van der Waals surface area contributed by atoms with Crippen LogP contribution in [0.1, 0.15) is 100 Å². The van der Waals surface area contributed by atoms with Crippen LogP contribution in [0.4, 0.5) is 4.79 Å². The number of carbonyl (C=O) groups is 2. The average Bonchev–Trinajstić information content (AvgIpc) is 3.27. The number of aliphatic hydroxyl groups excluding tert-OH is 1. The second kappa shape index (κ2) is 23.3. The second-order valence-corrected chi connectivity index (χ2v) is 20.2. The third-order valence-electron chi connectivity index (χ3n) is 15.3. The van der Waals surface area contributed by atoms with E-state index in [-0.39, 0.29) is 48.7 Å². The molecule has 17 nitrogen and oxygen atoms in total. The summed E-state index contributed by atoms with van der Waals surface area (Å²) in [4.78, 5) is 34.2. The minimum atomic E-state index is -1.05. The predicted molar refractivity (Wildman–Crippen MR) is 250 cm³/mol. The third-order valence-corrected chi connectivity index (χ3v) is 15.3. The van der Waals surface area contributed by atoms with E-state index >= 15 is 0 Å². The van der Waals surface area contributed by atoms with Crippen LogP contribution in [0.25, 0.3) is 0 Å². The van der Waals surface area contributed by atoms with Crippen molar-refractivity contribution in [2.24, 2.45) is 23.5 Å². The van der Waals surface area contributed by atoms with E-state index in [2.05, 4.69) is 48.9 Å². The molecule has 1 aromatic rings. The Morgan fingerprint density at radius 1 is 0.985 bits per heavy atom. The van der Waals surface area contributed by atoms with Gasteiger partial charge in [-0.2, -0.15) is 0 Å². The van der Waals surface area contributed by atoms with Gasteiger partial charge < -0.3 is 63.7 Å². The van der Waals surface area contributed by atoms with Crippen LogP contribution < -0.4 is 15.8 Å². The fourth-order valence-corrected chi connectivity index (χ4v) is 10.9. The van der Waals surface area contributed by atoms with Crippen molar-refractivity contribution in [3.63, 3.8) is 0 Å². The number of carbonyl (C=O) groups excluding carboxylic acids is 2. The van der Waals surface area contributed by atoms with E-state index in [1.165, 1.54) is 0 Å². The number of amides is 1. The van der Waals surface area contributed by atoms with E-state index in [4.69, 9.17) is 48.4 Å². The normalized spacial score (nSPS) is 40.7. The Labute approximate surface area is 394 Å². The fourth-order valence-electron chi connectivity index (χ4n) is 10.9. The Bertz CT molecular complexity index is 1710. The zero-order valence-electron chi connectivity index (χ0n) is 42.6. The molecule has 5 heterocycles. The highest BCUT2D eigenvalue weighted by atomic mass is 16.7. The zero-order valence-corrected chi connectivity index (χ0v) is 42.6. The number of methoxy groups -OCH3 is 3. The molecule has 5 aliphatic heterocycles. The van der Waals surface area contributed by atoms with Gasteiger partial charge in [0.05, 0.1) is 43.0 Å². The highest BCUT2D eigenvalue weighted by Crippen LogP contribution is 2.42. The lowest BCUT2D eigenvalue weighted by atomic mass is 9.75. The molecule has 1 aromatic carbocycles. The van der Waals surface area contributed by atoms with Crippen LogP contribution in [0.15, 0.2) is 24.3 Å². The fraction of sp³-hybridized carbons (Fsp3) is 0.837. The van der Waals surface area contributed by atoms with Crippen molar-refractivity contribution in [1.29, 1.82) is 0 Å². The van der Waals surface area contributed by atoms with Crippen molar-refractivity contribution in [3.8, 4) is 5.75 Å². The van der Waals surface area contributed by atoms with Gasteiger partial charge in [-0.15, -0.1) is 0 Å². The number of likely N-dealkylation sites (N-methyl/N-ethyl adjacent to an activating group) is 2. The number of nitrogens with zero attached hydrogens (tertiary/aromatic N) is 3. The number of hydrogen-bond donors (Lipinski definition) is 3. The van der Waals surface area contributed by atoms with Crippen LogP contribution in [0, 0.1) is 17.8 Å². The molecule has 5 fully saturated rings. The van der Waals surface area contributed by atoms with Gasteiger partial charge in [0.1, 0.15) is 23.6 Å². The Morgan fingerprint density at radius 3 is 2.26 bits per heavy atom. The van der Waals surface area contributed by atoms with Crippen LogP contribution in [-0.2, 0) is 42.7 Å². The lowest BCUT2D eigenvalue weighted by Gasteiger charge is -2.51. The number of benzene rings is 1. The molecule has 0 aliphatic carbocycles. The number of para-hydroxylation sites is 1. The first-order valence-electron chi connectivity index (χ1n) is 24.2. The summed E-state index contributed by atoms with van der Waals surface area (Å²) in [5.41, 5.74) is 6.00. The number of ether oxygens (including phenoxy) is 9. The van der Waals surface area contributed by atoms with Gasteiger partial charge in [-0.25, -0.2) is 4.79 Å². The minimum Gasteiger partial charge on any atom is -0.496 e.